The summed E-state index contributed by atoms with van der Waals surface area (Å²) in [5.74, 6) is 3.63. The quantitative estimate of drug-likeness (QED) is 0.296. The Morgan fingerprint density at radius 3 is 2.15 bits per heavy atom. The topological polar surface area (TPSA) is 88.1 Å². The number of ether oxygens (including phenoxy) is 4. The van der Waals surface area contributed by atoms with Crippen LogP contribution in [0.5, 0.6) is 11.5 Å². The second-order valence-electron chi connectivity index (χ2n) is 14.9. The minimum Gasteiger partial charge on any atom is -0.482 e. The lowest BCUT2D eigenvalue weighted by Crippen LogP contribution is -2.76. The van der Waals surface area contributed by atoms with Gasteiger partial charge in [-0.25, -0.2) is 9.59 Å². The summed E-state index contributed by atoms with van der Waals surface area (Å²) >= 11 is 0. The predicted molar refractivity (Wildman–Crippen MR) is 144 cm³/mol. The Bertz CT molecular complexity index is 1320. The van der Waals surface area contributed by atoms with Gasteiger partial charge in [-0.05, 0) is 125 Å². The molecule has 10 unspecified atom stereocenters. The highest BCUT2D eigenvalue weighted by molar-refractivity contribution is 5.95. The number of esters is 2. The fraction of sp³-hybridized carbons (Fsp3) is 0.727. The molecule has 0 aromatic heterocycles. The maximum absolute atomic E-state index is 12.9. The molecule has 7 saturated carbocycles. The van der Waals surface area contributed by atoms with Gasteiger partial charge in [-0.3, -0.25) is 4.79 Å². The Labute approximate surface area is 235 Å². The number of hydrogen-bond donors (Lipinski definition) is 0. The smallest absolute Gasteiger partial charge is 0.344 e. The highest BCUT2D eigenvalue weighted by Gasteiger charge is 2.83. The first-order valence-electron chi connectivity index (χ1n) is 15.4. The molecule has 7 nitrogen and oxygen atoms in total. The van der Waals surface area contributed by atoms with Gasteiger partial charge in [0, 0.05) is 23.5 Å². The van der Waals surface area contributed by atoms with E-state index in [1.807, 2.05) is 0 Å². The molecular weight excluding hydrogens is 508 g/mol. The van der Waals surface area contributed by atoms with Crippen molar-refractivity contribution < 1.29 is 33.3 Å². The molecule has 0 heterocycles. The average Bonchev–Trinajstić information content (AvgIpc) is 3.18. The van der Waals surface area contributed by atoms with Crippen LogP contribution in [0.3, 0.4) is 0 Å². The Kier molecular flexibility index (Phi) is 5.06. The number of fused-ring (bicyclic) bond motifs is 2. The number of carbonyl (C=O) groups is 3. The fourth-order valence-electron chi connectivity index (χ4n) is 11.1. The molecule has 1 aromatic rings. The third-order valence-electron chi connectivity index (χ3n) is 13.0. The van der Waals surface area contributed by atoms with Crippen LogP contribution >= 0.6 is 0 Å². The first-order valence-corrected chi connectivity index (χ1v) is 15.4. The van der Waals surface area contributed by atoms with E-state index in [2.05, 4.69) is 13.8 Å². The third-order valence-corrected chi connectivity index (χ3v) is 13.0. The molecule has 7 aliphatic rings. The van der Waals surface area contributed by atoms with E-state index in [1.54, 1.807) is 18.2 Å². The van der Waals surface area contributed by atoms with Crippen molar-refractivity contribution in [1.29, 1.82) is 0 Å². The summed E-state index contributed by atoms with van der Waals surface area (Å²) < 4.78 is 23.6. The maximum Gasteiger partial charge on any atom is 0.344 e. The van der Waals surface area contributed by atoms with Crippen LogP contribution in [-0.4, -0.2) is 42.1 Å². The van der Waals surface area contributed by atoms with E-state index in [0.717, 1.165) is 37.0 Å². The fourth-order valence-corrected chi connectivity index (χ4v) is 11.1. The monoisotopic (exact) mass is 548 g/mol. The van der Waals surface area contributed by atoms with E-state index in [0.29, 0.717) is 45.6 Å². The van der Waals surface area contributed by atoms with Crippen LogP contribution in [0.2, 0.25) is 0 Å². The number of rotatable bonds is 9. The van der Waals surface area contributed by atoms with Crippen LogP contribution in [0.4, 0.5) is 0 Å². The molecule has 40 heavy (non-hydrogen) atoms. The summed E-state index contributed by atoms with van der Waals surface area (Å²) in [6, 6.07) is 4.79. The van der Waals surface area contributed by atoms with E-state index in [4.69, 9.17) is 18.9 Å². The van der Waals surface area contributed by atoms with Gasteiger partial charge in [-0.15, -0.1) is 0 Å². The molecule has 1 aromatic carbocycles. The summed E-state index contributed by atoms with van der Waals surface area (Å²) in [6.45, 7) is 5.16. The van der Waals surface area contributed by atoms with Crippen molar-refractivity contribution in [3.63, 3.8) is 0 Å². The van der Waals surface area contributed by atoms with Crippen molar-refractivity contribution in [3.8, 4) is 11.5 Å². The van der Waals surface area contributed by atoms with Crippen molar-refractivity contribution in [2.45, 2.75) is 89.8 Å². The molecule has 0 N–H and O–H groups in total. The predicted octanol–water partition coefficient (Wildman–Crippen LogP) is 5.53. The molecule has 10 atom stereocenters. The van der Waals surface area contributed by atoms with E-state index < -0.39 is 11.6 Å². The van der Waals surface area contributed by atoms with Crippen LogP contribution in [-0.2, 0) is 19.1 Å². The Balaban J connectivity index is 0.878. The molecule has 7 aliphatic carbocycles. The molecule has 214 valence electrons. The summed E-state index contributed by atoms with van der Waals surface area (Å²) in [5.41, 5.74) is 0.592. The van der Waals surface area contributed by atoms with E-state index >= 15 is 0 Å². The van der Waals surface area contributed by atoms with E-state index in [-0.39, 0.29) is 30.6 Å². The van der Waals surface area contributed by atoms with Gasteiger partial charge in [0.1, 0.15) is 22.7 Å². The number of Topliss-reactive ketones (excluding diaryl/α,β-unsaturated/α-hetero) is 1. The van der Waals surface area contributed by atoms with Crippen LogP contribution in [0, 0.1) is 46.3 Å². The van der Waals surface area contributed by atoms with Gasteiger partial charge in [-0.1, -0.05) is 0 Å². The van der Waals surface area contributed by atoms with Crippen LogP contribution in [0.15, 0.2) is 18.2 Å². The zero-order valence-corrected chi connectivity index (χ0v) is 23.8. The normalized spacial score (nSPS) is 45.9. The molecule has 0 radical (unpaired) electrons. The summed E-state index contributed by atoms with van der Waals surface area (Å²) in [4.78, 5) is 37.9. The highest BCUT2D eigenvalue weighted by atomic mass is 16.6. The van der Waals surface area contributed by atoms with Gasteiger partial charge in [0.2, 0.25) is 0 Å². The van der Waals surface area contributed by atoms with Gasteiger partial charge in [0.25, 0.3) is 0 Å². The molecule has 7 heteroatoms. The number of benzene rings is 1. The average molecular weight is 549 g/mol. The molecule has 0 aliphatic heterocycles. The lowest BCUT2D eigenvalue weighted by molar-refractivity contribution is -0.319. The van der Waals surface area contributed by atoms with Crippen molar-refractivity contribution in [2.24, 2.45) is 46.3 Å². The molecule has 0 saturated heterocycles. The second kappa shape index (κ2) is 8.04. The first kappa shape index (κ1) is 25.2. The zero-order valence-electron chi connectivity index (χ0n) is 23.8. The summed E-state index contributed by atoms with van der Waals surface area (Å²) in [7, 11) is 0. The van der Waals surface area contributed by atoms with Crippen molar-refractivity contribution >= 4 is 17.7 Å². The second-order valence-corrected chi connectivity index (χ2v) is 14.9. The SMILES string of the molecule is CC(=O)c1cc(OCC(=O)OC2(C)CCC34CC3CC2C4)cc(OCC(=O)OC2(C)C3CC4CC5CC2C53C4)c1. The van der Waals surface area contributed by atoms with Crippen LogP contribution < -0.4 is 9.47 Å². The van der Waals surface area contributed by atoms with Crippen molar-refractivity contribution in [2.75, 3.05) is 13.2 Å². The van der Waals surface area contributed by atoms with E-state index in [9.17, 15) is 14.4 Å². The molecular formula is C33H40O7. The minimum atomic E-state index is -0.426. The maximum atomic E-state index is 12.9. The van der Waals surface area contributed by atoms with Crippen LogP contribution in [0.1, 0.15) is 88.9 Å². The van der Waals surface area contributed by atoms with Crippen molar-refractivity contribution in [1.82, 2.24) is 0 Å². The largest absolute Gasteiger partial charge is 0.482 e. The molecule has 7 fully saturated rings. The third kappa shape index (κ3) is 3.38. The van der Waals surface area contributed by atoms with Crippen molar-refractivity contribution in [3.05, 3.63) is 23.8 Å². The number of ketones is 1. The summed E-state index contributed by atoms with van der Waals surface area (Å²) in [5, 5.41) is 0. The van der Waals surface area contributed by atoms with E-state index in [1.165, 1.54) is 45.4 Å². The summed E-state index contributed by atoms with van der Waals surface area (Å²) in [6.07, 6.45) is 10.8. The Hall–Kier alpha value is -2.57. The molecule has 0 amide bonds. The van der Waals surface area contributed by atoms with Gasteiger partial charge in [0.05, 0.1) is 0 Å². The molecule has 8 rings (SSSR count). The van der Waals surface area contributed by atoms with Gasteiger partial charge < -0.3 is 18.9 Å². The Morgan fingerprint density at radius 2 is 1.45 bits per heavy atom. The number of carbonyl (C=O) groups excluding carboxylic acids is 3. The zero-order chi connectivity index (χ0) is 27.7. The number of hydrogen-bond acceptors (Lipinski definition) is 7. The van der Waals surface area contributed by atoms with Gasteiger partial charge in [0.15, 0.2) is 19.0 Å². The van der Waals surface area contributed by atoms with Gasteiger partial charge >= 0.3 is 11.9 Å². The van der Waals surface area contributed by atoms with Gasteiger partial charge in [-0.2, -0.15) is 0 Å². The minimum absolute atomic E-state index is 0.160. The standard InChI is InChI=1S/C33H40O7/c1-18(34)20-8-24(37-16-28(35)39-30(2)4-5-32-14-22(30)10-23(32)15-32)12-25(9-20)38-17-29(36)40-31(3)26-7-19-6-21-11-27(31)33(21,26)13-19/h8-9,12,19,21-23,26-27H,4-7,10-11,13-17H2,1-3H3. The molecule has 4 bridgehead atoms. The first-order chi connectivity index (χ1) is 19.0. The van der Waals surface area contributed by atoms with Crippen LogP contribution in [0.25, 0.3) is 0 Å². The molecule has 2 spiro atoms. The Morgan fingerprint density at radius 1 is 0.775 bits per heavy atom. The highest BCUT2D eigenvalue weighted by Crippen LogP contribution is 2.85. The lowest BCUT2D eigenvalue weighted by Gasteiger charge is -2.74. The lowest BCUT2D eigenvalue weighted by atomic mass is 9.32.